The second kappa shape index (κ2) is 7.49. The Morgan fingerprint density at radius 3 is 2.44 bits per heavy atom. The average molecular weight is 370 g/mol. The highest BCUT2D eigenvalue weighted by atomic mass is 32.2. The molecular formula is C16H13F3N2O3S. The Kier molecular flexibility index (Phi) is 5.60. The molecule has 0 aromatic heterocycles. The molecule has 0 saturated heterocycles. The minimum absolute atomic E-state index is 0.126. The molecule has 0 saturated carbocycles. The minimum Gasteiger partial charge on any atom is -0.319 e. The highest BCUT2D eigenvalue weighted by Gasteiger charge is 2.21. The van der Waals surface area contributed by atoms with Crippen molar-refractivity contribution in [2.45, 2.75) is 4.90 Å². The van der Waals surface area contributed by atoms with E-state index in [0.717, 1.165) is 30.3 Å². The molecule has 1 amide bonds. The Hall–Kier alpha value is -2.65. The molecule has 0 bridgehead atoms. The van der Waals surface area contributed by atoms with Crippen LogP contribution in [-0.2, 0) is 10.0 Å². The number of halogens is 3. The van der Waals surface area contributed by atoms with Gasteiger partial charge < -0.3 is 5.32 Å². The highest BCUT2D eigenvalue weighted by Crippen LogP contribution is 2.19. The van der Waals surface area contributed by atoms with Crippen molar-refractivity contribution in [1.82, 2.24) is 4.72 Å². The Morgan fingerprint density at radius 2 is 1.80 bits per heavy atom. The first kappa shape index (κ1) is 18.7. The van der Waals surface area contributed by atoms with E-state index < -0.39 is 38.3 Å². The molecule has 9 heteroatoms. The maximum absolute atomic E-state index is 13.8. The predicted octanol–water partition coefficient (Wildman–Crippen LogP) is 2.82. The van der Waals surface area contributed by atoms with Crippen LogP contribution in [0.5, 0.6) is 0 Å². The number of carbonyl (C=O) groups excluding carboxylic acids is 1. The van der Waals surface area contributed by atoms with Crippen molar-refractivity contribution < 1.29 is 26.4 Å². The van der Waals surface area contributed by atoms with Gasteiger partial charge in [-0.25, -0.2) is 26.3 Å². The molecule has 5 nitrogen and oxygen atoms in total. The van der Waals surface area contributed by atoms with Crippen LogP contribution in [0.15, 0.2) is 53.9 Å². The Bertz CT molecular complexity index is 930. The van der Waals surface area contributed by atoms with E-state index in [0.29, 0.717) is 6.07 Å². The molecule has 0 radical (unpaired) electrons. The van der Waals surface area contributed by atoms with Gasteiger partial charge in [0, 0.05) is 18.2 Å². The van der Waals surface area contributed by atoms with Gasteiger partial charge in [-0.3, -0.25) is 4.79 Å². The van der Waals surface area contributed by atoms with Gasteiger partial charge in [-0.15, -0.1) is 6.58 Å². The van der Waals surface area contributed by atoms with Crippen molar-refractivity contribution in [2.24, 2.45) is 0 Å². The lowest BCUT2D eigenvalue weighted by Gasteiger charge is -2.10. The van der Waals surface area contributed by atoms with Gasteiger partial charge in [-0.1, -0.05) is 6.08 Å². The van der Waals surface area contributed by atoms with Gasteiger partial charge in [0.15, 0.2) is 0 Å². The van der Waals surface area contributed by atoms with Crippen molar-refractivity contribution in [3.8, 4) is 0 Å². The summed E-state index contributed by atoms with van der Waals surface area (Å²) in [4.78, 5) is 11.4. The third-order valence-corrected chi connectivity index (χ3v) is 4.52. The molecule has 0 unspecified atom stereocenters. The molecule has 2 aromatic rings. The predicted molar refractivity (Wildman–Crippen MR) is 86.1 cm³/mol. The summed E-state index contributed by atoms with van der Waals surface area (Å²) in [5.41, 5.74) is -0.519. The van der Waals surface area contributed by atoms with E-state index >= 15 is 0 Å². The largest absolute Gasteiger partial charge is 0.319 e. The molecule has 2 N–H and O–H groups in total. The van der Waals surface area contributed by atoms with E-state index in [-0.39, 0.29) is 17.8 Å². The molecule has 0 aliphatic heterocycles. The number of nitrogens with one attached hydrogen (secondary N) is 2. The summed E-state index contributed by atoms with van der Waals surface area (Å²) in [6.07, 6.45) is 1.27. The molecule has 132 valence electrons. The normalized spacial score (nSPS) is 11.2. The van der Waals surface area contributed by atoms with Crippen LogP contribution in [-0.4, -0.2) is 20.9 Å². The molecule has 0 spiro atoms. The lowest BCUT2D eigenvalue weighted by atomic mass is 10.2. The van der Waals surface area contributed by atoms with E-state index in [1.165, 1.54) is 6.08 Å². The fourth-order valence-corrected chi connectivity index (χ4v) is 2.98. The third-order valence-electron chi connectivity index (χ3n) is 3.08. The van der Waals surface area contributed by atoms with Crippen LogP contribution in [0.25, 0.3) is 0 Å². The molecule has 2 rings (SSSR count). The zero-order chi connectivity index (χ0) is 18.6. The van der Waals surface area contributed by atoms with E-state index in [1.54, 1.807) is 0 Å². The monoisotopic (exact) mass is 370 g/mol. The van der Waals surface area contributed by atoms with Crippen LogP contribution in [0.3, 0.4) is 0 Å². The Labute approximate surface area is 142 Å². The molecule has 0 fully saturated rings. The number of hydrogen-bond acceptors (Lipinski definition) is 3. The quantitative estimate of drug-likeness (QED) is 0.768. The fourth-order valence-electron chi connectivity index (χ4n) is 1.88. The molecule has 0 aliphatic carbocycles. The average Bonchev–Trinajstić information content (AvgIpc) is 2.55. The molecular weight excluding hydrogens is 357 g/mol. The molecule has 0 aliphatic rings. The molecule has 0 atom stereocenters. The Balaban J connectivity index is 2.32. The number of sulfonamides is 1. The summed E-state index contributed by atoms with van der Waals surface area (Å²) in [5.74, 6) is -3.76. The Morgan fingerprint density at radius 1 is 1.08 bits per heavy atom. The van der Waals surface area contributed by atoms with Crippen molar-refractivity contribution in [1.29, 1.82) is 0 Å². The number of amides is 1. The van der Waals surface area contributed by atoms with Crippen LogP contribution in [0.4, 0.5) is 18.9 Å². The van der Waals surface area contributed by atoms with E-state index in [2.05, 4.69) is 16.6 Å². The molecule has 2 aromatic carbocycles. The topological polar surface area (TPSA) is 75.3 Å². The fraction of sp³-hybridized carbons (Fsp3) is 0.0625. The van der Waals surface area contributed by atoms with Crippen molar-refractivity contribution >= 4 is 21.6 Å². The van der Waals surface area contributed by atoms with Gasteiger partial charge >= 0.3 is 0 Å². The van der Waals surface area contributed by atoms with Gasteiger partial charge in [0.05, 0.1) is 5.69 Å². The third kappa shape index (κ3) is 4.46. The number of hydrogen-bond donors (Lipinski definition) is 2. The molecule has 0 heterocycles. The summed E-state index contributed by atoms with van der Waals surface area (Å²) in [7, 11) is -4.20. The highest BCUT2D eigenvalue weighted by molar-refractivity contribution is 7.89. The van der Waals surface area contributed by atoms with Gasteiger partial charge in [-0.2, -0.15) is 0 Å². The lowest BCUT2D eigenvalue weighted by Crippen LogP contribution is -2.25. The maximum atomic E-state index is 13.8. The van der Waals surface area contributed by atoms with Crippen LogP contribution in [0.1, 0.15) is 10.4 Å². The van der Waals surface area contributed by atoms with Gasteiger partial charge in [0.25, 0.3) is 5.91 Å². The number of carbonyl (C=O) groups is 1. The van der Waals surface area contributed by atoms with E-state index in [1.807, 2.05) is 0 Å². The summed E-state index contributed by atoms with van der Waals surface area (Å²) in [5, 5.41) is 2.16. The minimum atomic E-state index is -4.20. The summed E-state index contributed by atoms with van der Waals surface area (Å²) in [6, 6.07) is 5.19. The number of anilines is 1. The summed E-state index contributed by atoms with van der Waals surface area (Å²) < 4.78 is 66.3. The lowest BCUT2D eigenvalue weighted by molar-refractivity contribution is 0.102. The van der Waals surface area contributed by atoms with E-state index in [4.69, 9.17) is 0 Å². The van der Waals surface area contributed by atoms with Gasteiger partial charge in [0.2, 0.25) is 10.0 Å². The maximum Gasteiger partial charge on any atom is 0.255 e. The van der Waals surface area contributed by atoms with Crippen molar-refractivity contribution in [3.63, 3.8) is 0 Å². The summed E-state index contributed by atoms with van der Waals surface area (Å²) in [6.45, 7) is 3.21. The van der Waals surface area contributed by atoms with Crippen LogP contribution in [0, 0.1) is 17.5 Å². The van der Waals surface area contributed by atoms with Crippen LogP contribution in [0.2, 0.25) is 0 Å². The standard InChI is InChI=1S/C16H13F3N2O3S/c1-2-7-20-25(23,24)15-8-10(3-5-12(15)18)16(22)21-14-6-4-11(17)9-13(14)19/h2-6,8-9,20H,1,7H2,(H,21,22). The van der Waals surface area contributed by atoms with Gasteiger partial charge in [0.1, 0.15) is 22.3 Å². The van der Waals surface area contributed by atoms with Crippen molar-refractivity contribution in [2.75, 3.05) is 11.9 Å². The summed E-state index contributed by atoms with van der Waals surface area (Å²) >= 11 is 0. The first-order valence-electron chi connectivity index (χ1n) is 6.91. The second-order valence-electron chi connectivity index (χ2n) is 4.86. The number of rotatable bonds is 6. The van der Waals surface area contributed by atoms with Crippen LogP contribution < -0.4 is 10.0 Å². The first-order chi connectivity index (χ1) is 11.7. The zero-order valence-electron chi connectivity index (χ0n) is 12.7. The second-order valence-corrected chi connectivity index (χ2v) is 6.60. The van der Waals surface area contributed by atoms with Crippen LogP contribution >= 0.6 is 0 Å². The zero-order valence-corrected chi connectivity index (χ0v) is 13.5. The van der Waals surface area contributed by atoms with E-state index in [9.17, 15) is 26.4 Å². The van der Waals surface area contributed by atoms with Crippen molar-refractivity contribution in [3.05, 3.63) is 72.1 Å². The molecule has 25 heavy (non-hydrogen) atoms. The smallest absolute Gasteiger partial charge is 0.255 e. The SMILES string of the molecule is C=CCNS(=O)(=O)c1cc(C(=O)Nc2ccc(F)cc2F)ccc1F. The van der Waals surface area contributed by atoms with Gasteiger partial charge in [-0.05, 0) is 30.3 Å². The first-order valence-corrected chi connectivity index (χ1v) is 8.39. The number of benzene rings is 2.